The van der Waals surface area contributed by atoms with E-state index in [2.05, 4.69) is 0 Å². The number of aryl methyl sites for hydroxylation is 1. The SMILES string of the molecule is COc1c(N2CCC(C(C)N)C2)c(F)c(C)c2c(=O)n(N)c(=O)n(C3CC3)c12. The highest BCUT2D eigenvalue weighted by molar-refractivity contribution is 5.94. The van der Waals surface area contributed by atoms with E-state index in [1.54, 1.807) is 6.92 Å². The number of aromatic nitrogens is 2. The van der Waals surface area contributed by atoms with Gasteiger partial charge in [0.25, 0.3) is 5.56 Å². The first-order valence-electron chi connectivity index (χ1n) is 9.60. The van der Waals surface area contributed by atoms with Gasteiger partial charge in [-0.15, -0.1) is 0 Å². The number of benzene rings is 1. The molecule has 2 aromatic rings. The molecule has 152 valence electrons. The van der Waals surface area contributed by atoms with E-state index in [0.29, 0.717) is 29.0 Å². The standard InChI is InChI=1S/C19H26FN5O3/c1-9-13-15(24(12-4-5-12)19(27)25(22)18(13)26)17(28-3)16(14(9)20)23-7-6-11(8-23)10(2)21/h10-12H,4-8,21-22H2,1-3H3. The van der Waals surface area contributed by atoms with Crippen LogP contribution in [0.2, 0.25) is 0 Å². The summed E-state index contributed by atoms with van der Waals surface area (Å²) in [4.78, 5) is 27.4. The summed E-state index contributed by atoms with van der Waals surface area (Å²) in [6.07, 6.45) is 2.45. The quantitative estimate of drug-likeness (QED) is 0.748. The van der Waals surface area contributed by atoms with E-state index in [1.165, 1.54) is 11.7 Å². The second kappa shape index (κ2) is 6.51. The molecule has 1 saturated heterocycles. The van der Waals surface area contributed by atoms with Crippen LogP contribution in [0.5, 0.6) is 5.75 Å². The van der Waals surface area contributed by atoms with Crippen molar-refractivity contribution < 1.29 is 9.13 Å². The minimum Gasteiger partial charge on any atom is -0.492 e. The molecule has 2 heterocycles. The van der Waals surface area contributed by atoms with Crippen molar-refractivity contribution in [3.05, 3.63) is 32.2 Å². The molecule has 1 aliphatic heterocycles. The van der Waals surface area contributed by atoms with Crippen molar-refractivity contribution in [2.75, 3.05) is 30.9 Å². The zero-order valence-corrected chi connectivity index (χ0v) is 16.4. The van der Waals surface area contributed by atoms with Crippen molar-refractivity contribution >= 4 is 16.6 Å². The number of ether oxygens (including phenoxy) is 1. The Morgan fingerprint density at radius 1 is 1.25 bits per heavy atom. The molecule has 8 nitrogen and oxygen atoms in total. The van der Waals surface area contributed by atoms with Crippen LogP contribution in [-0.2, 0) is 0 Å². The van der Waals surface area contributed by atoms with Gasteiger partial charge in [-0.25, -0.2) is 9.18 Å². The summed E-state index contributed by atoms with van der Waals surface area (Å²) < 4.78 is 23.2. The Kier molecular flexibility index (Phi) is 4.37. The maximum Gasteiger partial charge on any atom is 0.350 e. The maximum absolute atomic E-state index is 15.5. The van der Waals surface area contributed by atoms with Crippen molar-refractivity contribution in [1.29, 1.82) is 0 Å². The van der Waals surface area contributed by atoms with E-state index >= 15 is 4.39 Å². The summed E-state index contributed by atoms with van der Waals surface area (Å²) in [5.41, 5.74) is 5.52. The third kappa shape index (κ3) is 2.60. The number of hydrogen-bond acceptors (Lipinski definition) is 6. The number of anilines is 1. The van der Waals surface area contributed by atoms with E-state index in [0.717, 1.165) is 19.3 Å². The van der Waals surface area contributed by atoms with Crippen LogP contribution in [0.3, 0.4) is 0 Å². The Hall–Kier alpha value is -2.55. The smallest absolute Gasteiger partial charge is 0.350 e. The lowest BCUT2D eigenvalue weighted by atomic mass is 10.0. The molecule has 0 amide bonds. The van der Waals surface area contributed by atoms with Crippen molar-refractivity contribution in [2.24, 2.45) is 11.7 Å². The molecule has 0 spiro atoms. The van der Waals surface area contributed by atoms with Crippen LogP contribution in [-0.4, -0.2) is 35.5 Å². The van der Waals surface area contributed by atoms with Crippen LogP contribution < -0.4 is 32.5 Å². The molecule has 1 aliphatic carbocycles. The second-order valence-corrected chi connectivity index (χ2v) is 7.96. The number of nitrogens with two attached hydrogens (primary N) is 2. The minimum absolute atomic E-state index is 0.00491. The van der Waals surface area contributed by atoms with Crippen molar-refractivity contribution in [3.8, 4) is 5.75 Å². The predicted octanol–water partition coefficient (Wildman–Crippen LogP) is 0.842. The number of rotatable bonds is 4. The molecule has 2 fully saturated rings. The van der Waals surface area contributed by atoms with Crippen LogP contribution in [0.1, 0.15) is 37.8 Å². The summed E-state index contributed by atoms with van der Waals surface area (Å²) in [5, 5.41) is 0.0926. The Bertz CT molecular complexity index is 1070. The largest absolute Gasteiger partial charge is 0.492 e. The molecule has 1 saturated carbocycles. The molecule has 2 unspecified atom stereocenters. The van der Waals surface area contributed by atoms with Gasteiger partial charge in [0.15, 0.2) is 11.6 Å². The van der Waals surface area contributed by atoms with E-state index in [1.807, 2.05) is 11.8 Å². The molecule has 1 aromatic carbocycles. The van der Waals surface area contributed by atoms with Crippen LogP contribution in [0.4, 0.5) is 10.1 Å². The number of nitrogens with zero attached hydrogens (tertiary/aromatic N) is 3. The number of fused-ring (bicyclic) bond motifs is 1. The Labute approximate surface area is 161 Å². The van der Waals surface area contributed by atoms with Gasteiger partial charge < -0.3 is 21.2 Å². The van der Waals surface area contributed by atoms with E-state index in [9.17, 15) is 9.59 Å². The number of hydrogen-bond donors (Lipinski definition) is 2. The van der Waals surface area contributed by atoms with E-state index < -0.39 is 17.1 Å². The fourth-order valence-electron chi connectivity index (χ4n) is 4.27. The van der Waals surface area contributed by atoms with Crippen molar-refractivity contribution in [3.63, 3.8) is 0 Å². The van der Waals surface area contributed by atoms with Crippen LogP contribution >= 0.6 is 0 Å². The average molecular weight is 391 g/mol. The number of nitrogen functional groups attached to an aromatic ring is 1. The molecule has 28 heavy (non-hydrogen) atoms. The predicted molar refractivity (Wildman–Crippen MR) is 106 cm³/mol. The highest BCUT2D eigenvalue weighted by Crippen LogP contribution is 2.44. The van der Waals surface area contributed by atoms with Gasteiger partial charge in [-0.05, 0) is 39.0 Å². The van der Waals surface area contributed by atoms with Gasteiger partial charge in [-0.1, -0.05) is 0 Å². The Morgan fingerprint density at radius 3 is 2.46 bits per heavy atom. The van der Waals surface area contributed by atoms with Gasteiger partial charge in [0.05, 0.1) is 12.5 Å². The van der Waals surface area contributed by atoms with Gasteiger partial charge in [0, 0.05) is 30.7 Å². The third-order valence-corrected chi connectivity index (χ3v) is 6.07. The molecule has 0 radical (unpaired) electrons. The molecular formula is C19H26FN5O3. The summed E-state index contributed by atoms with van der Waals surface area (Å²) in [7, 11) is 1.43. The minimum atomic E-state index is -0.715. The molecule has 4 rings (SSSR count). The zero-order valence-electron chi connectivity index (χ0n) is 16.4. The van der Waals surface area contributed by atoms with Gasteiger partial charge >= 0.3 is 5.69 Å². The molecule has 2 atom stereocenters. The number of methoxy groups -OCH3 is 1. The topological polar surface area (TPSA) is 109 Å². The summed E-state index contributed by atoms with van der Waals surface area (Å²) in [5.74, 6) is 5.65. The lowest BCUT2D eigenvalue weighted by Gasteiger charge is -2.26. The fraction of sp³-hybridized carbons (Fsp3) is 0.579. The van der Waals surface area contributed by atoms with E-state index in [-0.39, 0.29) is 34.7 Å². The lowest BCUT2D eigenvalue weighted by Crippen LogP contribution is -2.45. The normalized spacial score (nSPS) is 20.8. The fourth-order valence-corrected chi connectivity index (χ4v) is 4.27. The second-order valence-electron chi connectivity index (χ2n) is 7.96. The highest BCUT2D eigenvalue weighted by Gasteiger charge is 2.35. The van der Waals surface area contributed by atoms with Crippen molar-refractivity contribution in [2.45, 2.75) is 45.2 Å². The van der Waals surface area contributed by atoms with Crippen LogP contribution in [0.25, 0.3) is 10.9 Å². The third-order valence-electron chi connectivity index (χ3n) is 6.07. The van der Waals surface area contributed by atoms with Gasteiger partial charge in [-0.2, -0.15) is 4.68 Å². The monoisotopic (exact) mass is 391 g/mol. The molecular weight excluding hydrogens is 365 g/mol. The summed E-state index contributed by atoms with van der Waals surface area (Å²) >= 11 is 0. The van der Waals surface area contributed by atoms with Crippen LogP contribution in [0.15, 0.2) is 9.59 Å². The summed E-state index contributed by atoms with van der Waals surface area (Å²) in [6, 6.07) is -0.0675. The number of halogens is 1. The lowest BCUT2D eigenvalue weighted by molar-refractivity contribution is 0.412. The molecule has 1 aromatic heterocycles. The van der Waals surface area contributed by atoms with Gasteiger partial charge in [0.2, 0.25) is 0 Å². The summed E-state index contributed by atoms with van der Waals surface area (Å²) in [6.45, 7) is 4.72. The molecule has 0 bridgehead atoms. The average Bonchev–Trinajstić information content (AvgIpc) is 3.37. The first-order valence-corrected chi connectivity index (χ1v) is 9.60. The van der Waals surface area contributed by atoms with Crippen molar-refractivity contribution in [1.82, 2.24) is 9.24 Å². The van der Waals surface area contributed by atoms with Gasteiger partial charge in [0.1, 0.15) is 11.2 Å². The van der Waals surface area contributed by atoms with Crippen LogP contribution in [0, 0.1) is 18.7 Å². The van der Waals surface area contributed by atoms with Gasteiger partial charge in [-0.3, -0.25) is 9.36 Å². The first kappa shape index (κ1) is 18.8. The molecule has 4 N–H and O–H groups in total. The Balaban J connectivity index is 2.07. The maximum atomic E-state index is 15.5. The van der Waals surface area contributed by atoms with E-state index in [4.69, 9.17) is 16.3 Å². The zero-order chi connectivity index (χ0) is 20.3. The molecule has 2 aliphatic rings. The molecule has 9 heteroatoms. The highest BCUT2D eigenvalue weighted by atomic mass is 19.1. The Morgan fingerprint density at radius 2 is 1.93 bits per heavy atom. The first-order chi connectivity index (χ1) is 13.3.